The first-order valence-electron chi connectivity index (χ1n) is 6.22. The highest BCUT2D eigenvalue weighted by atomic mass is 15.1. The van der Waals surface area contributed by atoms with Gasteiger partial charge in [0.1, 0.15) is 0 Å². The second-order valence-corrected chi connectivity index (χ2v) is 4.99. The van der Waals surface area contributed by atoms with Crippen LogP contribution in [0.3, 0.4) is 0 Å². The van der Waals surface area contributed by atoms with Crippen molar-refractivity contribution >= 4 is 5.96 Å². The van der Waals surface area contributed by atoms with Crippen LogP contribution in [0.25, 0.3) is 0 Å². The van der Waals surface area contributed by atoms with E-state index in [1.807, 2.05) is 0 Å². The summed E-state index contributed by atoms with van der Waals surface area (Å²) in [7, 11) is 0. The number of nitrogens with one attached hydrogen (secondary N) is 1. The van der Waals surface area contributed by atoms with Crippen LogP contribution in [0.5, 0.6) is 0 Å². The second kappa shape index (κ2) is 6.70. The SMILES string of the molecule is CC(C)CCCNC(N)=NCC1CCC1. The standard InChI is InChI=1S/C12H25N3/c1-10(2)5-4-8-14-12(13)15-9-11-6-3-7-11/h10-11H,3-9H2,1-2H3,(H3,13,14,15). The maximum atomic E-state index is 5.76. The van der Waals surface area contributed by atoms with Gasteiger partial charge < -0.3 is 11.1 Å². The van der Waals surface area contributed by atoms with Gasteiger partial charge in [0.15, 0.2) is 5.96 Å². The number of hydrogen-bond acceptors (Lipinski definition) is 1. The fourth-order valence-corrected chi connectivity index (χ4v) is 1.69. The van der Waals surface area contributed by atoms with Crippen molar-refractivity contribution in [3.8, 4) is 0 Å². The second-order valence-electron chi connectivity index (χ2n) is 4.99. The fraction of sp³-hybridized carbons (Fsp3) is 0.917. The molecule has 3 heteroatoms. The molecular weight excluding hydrogens is 186 g/mol. The average molecular weight is 211 g/mol. The third kappa shape index (κ3) is 5.65. The van der Waals surface area contributed by atoms with E-state index in [-0.39, 0.29) is 0 Å². The molecule has 0 spiro atoms. The highest BCUT2D eigenvalue weighted by Gasteiger charge is 2.16. The highest BCUT2D eigenvalue weighted by molar-refractivity contribution is 5.77. The molecule has 1 aliphatic rings. The highest BCUT2D eigenvalue weighted by Crippen LogP contribution is 2.26. The van der Waals surface area contributed by atoms with E-state index in [2.05, 4.69) is 24.2 Å². The minimum atomic E-state index is 0.630. The molecule has 1 saturated carbocycles. The molecule has 3 nitrogen and oxygen atoms in total. The van der Waals surface area contributed by atoms with Crippen LogP contribution in [0.15, 0.2) is 4.99 Å². The van der Waals surface area contributed by atoms with Crippen LogP contribution >= 0.6 is 0 Å². The summed E-state index contributed by atoms with van der Waals surface area (Å²) in [5.41, 5.74) is 5.76. The zero-order valence-electron chi connectivity index (χ0n) is 10.1. The summed E-state index contributed by atoms with van der Waals surface area (Å²) in [4.78, 5) is 4.35. The maximum Gasteiger partial charge on any atom is 0.188 e. The van der Waals surface area contributed by atoms with Crippen LogP contribution in [0.2, 0.25) is 0 Å². The molecule has 0 bridgehead atoms. The molecule has 15 heavy (non-hydrogen) atoms. The molecule has 1 rings (SSSR count). The summed E-state index contributed by atoms with van der Waals surface area (Å²) >= 11 is 0. The third-order valence-electron chi connectivity index (χ3n) is 3.01. The maximum absolute atomic E-state index is 5.76. The zero-order valence-corrected chi connectivity index (χ0v) is 10.1. The summed E-state index contributed by atoms with van der Waals surface area (Å²) in [5, 5.41) is 3.17. The Morgan fingerprint density at radius 1 is 1.47 bits per heavy atom. The lowest BCUT2D eigenvalue weighted by Crippen LogP contribution is -2.33. The molecular formula is C12H25N3. The van der Waals surface area contributed by atoms with Crippen molar-refractivity contribution in [2.45, 2.75) is 46.0 Å². The van der Waals surface area contributed by atoms with E-state index in [1.165, 1.54) is 32.1 Å². The summed E-state index contributed by atoms with van der Waals surface area (Å²) in [6.45, 7) is 6.36. The molecule has 1 aliphatic carbocycles. The molecule has 88 valence electrons. The summed E-state index contributed by atoms with van der Waals surface area (Å²) in [6.07, 6.45) is 6.48. The Balaban J connectivity index is 1.98. The first kappa shape index (κ1) is 12.3. The van der Waals surface area contributed by atoms with E-state index < -0.39 is 0 Å². The van der Waals surface area contributed by atoms with Crippen LogP contribution in [-0.4, -0.2) is 19.0 Å². The van der Waals surface area contributed by atoms with Gasteiger partial charge in [-0.25, -0.2) is 0 Å². The fourth-order valence-electron chi connectivity index (χ4n) is 1.69. The Hall–Kier alpha value is -0.730. The van der Waals surface area contributed by atoms with E-state index in [0.717, 1.165) is 24.9 Å². The van der Waals surface area contributed by atoms with Crippen LogP contribution < -0.4 is 11.1 Å². The minimum absolute atomic E-state index is 0.630. The van der Waals surface area contributed by atoms with Crippen LogP contribution in [0.4, 0.5) is 0 Å². The van der Waals surface area contributed by atoms with Crippen molar-refractivity contribution in [1.29, 1.82) is 0 Å². The minimum Gasteiger partial charge on any atom is -0.370 e. The summed E-state index contributed by atoms with van der Waals surface area (Å²) in [6, 6.07) is 0. The smallest absolute Gasteiger partial charge is 0.188 e. The summed E-state index contributed by atoms with van der Waals surface area (Å²) in [5.74, 6) is 2.21. The van der Waals surface area contributed by atoms with Gasteiger partial charge in [0.25, 0.3) is 0 Å². The number of hydrogen-bond donors (Lipinski definition) is 2. The number of nitrogens with two attached hydrogens (primary N) is 1. The number of aliphatic imine (C=N–C) groups is 1. The van der Waals surface area contributed by atoms with Crippen molar-refractivity contribution in [2.24, 2.45) is 22.6 Å². The van der Waals surface area contributed by atoms with Gasteiger partial charge in [-0.3, -0.25) is 4.99 Å². The lowest BCUT2D eigenvalue weighted by atomic mass is 9.86. The van der Waals surface area contributed by atoms with Gasteiger partial charge in [0.05, 0.1) is 0 Å². The molecule has 0 aromatic heterocycles. The lowest BCUT2D eigenvalue weighted by molar-refractivity contribution is 0.326. The largest absolute Gasteiger partial charge is 0.370 e. The topological polar surface area (TPSA) is 50.4 Å². The van der Waals surface area contributed by atoms with Crippen molar-refractivity contribution in [3.05, 3.63) is 0 Å². The lowest BCUT2D eigenvalue weighted by Gasteiger charge is -2.23. The molecule has 0 aromatic carbocycles. The zero-order chi connectivity index (χ0) is 11.1. The molecule has 0 atom stereocenters. The molecule has 1 fully saturated rings. The number of rotatable bonds is 6. The molecule has 0 amide bonds. The molecule has 0 saturated heterocycles. The van der Waals surface area contributed by atoms with E-state index in [9.17, 15) is 0 Å². The number of nitrogens with zero attached hydrogens (tertiary/aromatic N) is 1. The molecule has 0 aromatic rings. The predicted molar refractivity (Wildman–Crippen MR) is 65.9 cm³/mol. The van der Waals surface area contributed by atoms with Gasteiger partial charge >= 0.3 is 0 Å². The van der Waals surface area contributed by atoms with E-state index in [0.29, 0.717) is 5.96 Å². The van der Waals surface area contributed by atoms with Crippen LogP contribution in [0, 0.1) is 11.8 Å². The molecule has 0 radical (unpaired) electrons. The van der Waals surface area contributed by atoms with E-state index in [4.69, 9.17) is 5.73 Å². The average Bonchev–Trinajstić information content (AvgIpc) is 2.09. The molecule has 0 heterocycles. The Labute approximate surface area is 93.5 Å². The molecule has 0 unspecified atom stereocenters. The quantitative estimate of drug-likeness (QED) is 0.402. The Bertz CT molecular complexity index is 195. The first-order valence-corrected chi connectivity index (χ1v) is 6.22. The van der Waals surface area contributed by atoms with E-state index in [1.54, 1.807) is 0 Å². The Kier molecular flexibility index (Phi) is 5.51. The van der Waals surface area contributed by atoms with Gasteiger partial charge in [-0.2, -0.15) is 0 Å². The Morgan fingerprint density at radius 3 is 2.73 bits per heavy atom. The monoisotopic (exact) mass is 211 g/mol. The van der Waals surface area contributed by atoms with E-state index >= 15 is 0 Å². The van der Waals surface area contributed by atoms with Gasteiger partial charge in [-0.1, -0.05) is 20.3 Å². The van der Waals surface area contributed by atoms with Crippen molar-refractivity contribution in [2.75, 3.05) is 13.1 Å². The normalized spacial score (nSPS) is 17.9. The summed E-state index contributed by atoms with van der Waals surface area (Å²) < 4.78 is 0. The number of guanidine groups is 1. The Morgan fingerprint density at radius 2 is 2.20 bits per heavy atom. The van der Waals surface area contributed by atoms with Crippen LogP contribution in [0.1, 0.15) is 46.0 Å². The van der Waals surface area contributed by atoms with Gasteiger partial charge in [-0.05, 0) is 37.5 Å². The van der Waals surface area contributed by atoms with Crippen molar-refractivity contribution < 1.29 is 0 Å². The van der Waals surface area contributed by atoms with Crippen LogP contribution in [-0.2, 0) is 0 Å². The van der Waals surface area contributed by atoms with Gasteiger partial charge in [0.2, 0.25) is 0 Å². The predicted octanol–water partition coefficient (Wildman–Crippen LogP) is 2.13. The van der Waals surface area contributed by atoms with Crippen molar-refractivity contribution in [1.82, 2.24) is 5.32 Å². The first-order chi connectivity index (χ1) is 7.18. The molecule has 3 N–H and O–H groups in total. The van der Waals surface area contributed by atoms with Gasteiger partial charge in [0, 0.05) is 13.1 Å². The van der Waals surface area contributed by atoms with Gasteiger partial charge in [-0.15, -0.1) is 0 Å². The molecule has 0 aliphatic heterocycles. The third-order valence-corrected chi connectivity index (χ3v) is 3.01. The van der Waals surface area contributed by atoms with Crippen molar-refractivity contribution in [3.63, 3.8) is 0 Å².